The highest BCUT2D eigenvalue weighted by Crippen LogP contribution is 2.32. The number of nitrogens with zero attached hydrogens (tertiary/aromatic N) is 4. The molecule has 1 amide bonds. The van der Waals surface area contributed by atoms with Gasteiger partial charge in [0.05, 0.1) is 11.7 Å². The molecule has 3 N–H and O–H groups in total. The Morgan fingerprint density at radius 3 is 2.57 bits per heavy atom. The van der Waals surface area contributed by atoms with Crippen molar-refractivity contribution >= 4 is 29.0 Å². The van der Waals surface area contributed by atoms with E-state index in [2.05, 4.69) is 25.0 Å². The number of benzene rings is 1. The van der Waals surface area contributed by atoms with E-state index in [4.69, 9.17) is 11.6 Å². The molecule has 0 spiro atoms. The number of aliphatic hydroxyl groups excluding tert-OH is 2. The quantitative estimate of drug-likeness (QED) is 0.419. The van der Waals surface area contributed by atoms with Crippen LogP contribution >= 0.6 is 11.6 Å². The van der Waals surface area contributed by atoms with Crippen molar-refractivity contribution in [1.82, 2.24) is 15.0 Å². The molecule has 1 fully saturated rings. The molecule has 0 radical (unpaired) electrons. The molecule has 0 bridgehead atoms. The van der Waals surface area contributed by atoms with E-state index in [1.165, 1.54) is 36.8 Å². The lowest BCUT2D eigenvalue weighted by Crippen LogP contribution is -2.45. The summed E-state index contributed by atoms with van der Waals surface area (Å²) in [7, 11) is 0. The van der Waals surface area contributed by atoms with Crippen molar-refractivity contribution in [3.63, 3.8) is 0 Å². The third kappa shape index (κ3) is 6.18. The molecule has 2 atom stereocenters. The fraction of sp³-hybridized carbons (Fsp3) is 0.304. The molecule has 1 saturated heterocycles. The number of alkyl halides is 3. The molecule has 2 aromatic heterocycles. The van der Waals surface area contributed by atoms with E-state index in [-0.39, 0.29) is 30.4 Å². The first kappa shape index (κ1) is 24.7. The normalized spacial score (nSPS) is 18.3. The van der Waals surface area contributed by atoms with E-state index < -0.39 is 17.6 Å². The molecule has 3 heterocycles. The molecule has 1 aromatic carbocycles. The van der Waals surface area contributed by atoms with Crippen molar-refractivity contribution in [2.45, 2.75) is 18.1 Å². The summed E-state index contributed by atoms with van der Waals surface area (Å²) in [5, 5.41) is 22.5. The van der Waals surface area contributed by atoms with Crippen LogP contribution in [0.5, 0.6) is 5.75 Å². The summed E-state index contributed by atoms with van der Waals surface area (Å²) in [6.07, 6.45) is 5.85. The Hall–Kier alpha value is -3.41. The van der Waals surface area contributed by atoms with Gasteiger partial charge < -0.3 is 25.2 Å². The maximum atomic E-state index is 12.9. The van der Waals surface area contributed by atoms with Crippen LogP contribution in [-0.4, -0.2) is 62.4 Å². The average Bonchev–Trinajstić information content (AvgIpc) is 2.84. The molecular formula is C23H22ClF2N5O4. The van der Waals surface area contributed by atoms with E-state index in [0.29, 0.717) is 35.6 Å². The Balaban J connectivity index is 1.57. The number of carbonyl (C=O) groups excluding carboxylic acids is 1. The van der Waals surface area contributed by atoms with Gasteiger partial charge in [-0.05, 0) is 36.8 Å². The zero-order chi connectivity index (χ0) is 25.0. The second-order valence-electron chi connectivity index (χ2n) is 7.99. The van der Waals surface area contributed by atoms with Crippen molar-refractivity contribution < 1.29 is 28.5 Å². The zero-order valence-corrected chi connectivity index (χ0v) is 19.1. The van der Waals surface area contributed by atoms with Crippen molar-refractivity contribution in [1.29, 1.82) is 0 Å². The summed E-state index contributed by atoms with van der Waals surface area (Å²) in [6, 6.07) is 6.95. The molecular weight excluding hydrogens is 484 g/mol. The van der Waals surface area contributed by atoms with Crippen LogP contribution in [0.15, 0.2) is 55.2 Å². The van der Waals surface area contributed by atoms with E-state index in [1.807, 2.05) is 4.90 Å². The number of aromatic nitrogens is 3. The predicted molar refractivity (Wildman–Crippen MR) is 124 cm³/mol. The number of rotatable bonds is 7. The Kier molecular flexibility index (Phi) is 7.39. The van der Waals surface area contributed by atoms with Crippen LogP contribution < -0.4 is 15.0 Å². The van der Waals surface area contributed by atoms with E-state index in [9.17, 15) is 23.8 Å². The van der Waals surface area contributed by atoms with Crippen LogP contribution in [0.1, 0.15) is 16.8 Å². The highest BCUT2D eigenvalue weighted by Gasteiger charge is 2.30. The fourth-order valence-electron chi connectivity index (χ4n) is 3.81. The number of amides is 1. The van der Waals surface area contributed by atoms with E-state index in [1.54, 1.807) is 18.5 Å². The molecule has 4 rings (SSSR count). The van der Waals surface area contributed by atoms with Gasteiger partial charge in [-0.25, -0.2) is 15.0 Å². The van der Waals surface area contributed by atoms with Gasteiger partial charge in [-0.1, -0.05) is 0 Å². The van der Waals surface area contributed by atoms with Crippen LogP contribution in [0, 0.1) is 5.92 Å². The van der Waals surface area contributed by atoms with Gasteiger partial charge >= 0.3 is 5.57 Å². The summed E-state index contributed by atoms with van der Waals surface area (Å²) in [4.78, 5) is 27.4. The van der Waals surface area contributed by atoms with E-state index >= 15 is 0 Å². The van der Waals surface area contributed by atoms with Gasteiger partial charge in [0.25, 0.3) is 5.91 Å². The predicted octanol–water partition coefficient (Wildman–Crippen LogP) is 3.14. The Morgan fingerprint density at radius 1 is 1.23 bits per heavy atom. The number of ether oxygens (including phenoxy) is 1. The third-order valence-corrected chi connectivity index (χ3v) is 5.68. The lowest BCUT2D eigenvalue weighted by Gasteiger charge is -2.36. The summed E-state index contributed by atoms with van der Waals surface area (Å²) < 4.78 is 29.8. The second-order valence-corrected chi connectivity index (χ2v) is 8.43. The van der Waals surface area contributed by atoms with Gasteiger partial charge in [0.1, 0.15) is 17.9 Å². The molecule has 1 aliphatic heterocycles. The molecule has 0 unspecified atom stereocenters. The van der Waals surface area contributed by atoms with E-state index in [0.717, 1.165) is 0 Å². The van der Waals surface area contributed by atoms with Crippen LogP contribution in [0.2, 0.25) is 0 Å². The number of pyridine rings is 1. The zero-order valence-electron chi connectivity index (χ0n) is 18.3. The highest BCUT2D eigenvalue weighted by atomic mass is 35.5. The number of hydrogen-bond acceptors (Lipinski definition) is 8. The van der Waals surface area contributed by atoms with Crippen LogP contribution in [0.25, 0.3) is 11.1 Å². The highest BCUT2D eigenvalue weighted by molar-refractivity contribution is 6.20. The number of anilines is 2. The molecule has 1 aliphatic rings. The first-order valence-electron chi connectivity index (χ1n) is 10.7. The number of piperidine rings is 1. The van der Waals surface area contributed by atoms with Gasteiger partial charge in [0, 0.05) is 72.6 Å². The summed E-state index contributed by atoms with van der Waals surface area (Å²) >= 11 is 4.76. The number of hydrogen-bond donors (Lipinski definition) is 3. The molecule has 9 nitrogen and oxygen atoms in total. The van der Waals surface area contributed by atoms with Gasteiger partial charge in [-0.2, -0.15) is 0 Å². The third-order valence-electron chi connectivity index (χ3n) is 5.60. The number of nitrogens with one attached hydrogen (secondary N) is 1. The largest absolute Gasteiger partial charge is 0.487 e. The Bertz CT molecular complexity index is 1160. The molecule has 0 aliphatic carbocycles. The second kappa shape index (κ2) is 10.5. The van der Waals surface area contributed by atoms with Crippen LogP contribution in [-0.2, 0) is 0 Å². The Morgan fingerprint density at radius 2 is 1.94 bits per heavy atom. The van der Waals surface area contributed by atoms with Crippen molar-refractivity contribution in [2.24, 2.45) is 5.92 Å². The summed E-state index contributed by atoms with van der Waals surface area (Å²) in [5.41, 5.74) is -2.01. The molecule has 3 aromatic rings. The minimum Gasteiger partial charge on any atom is -0.420 e. The topological polar surface area (TPSA) is 121 Å². The molecule has 184 valence electrons. The van der Waals surface area contributed by atoms with Gasteiger partial charge in [-0.15, -0.1) is 8.78 Å². The van der Waals surface area contributed by atoms with Crippen molar-refractivity contribution in [3.8, 4) is 16.9 Å². The first-order chi connectivity index (χ1) is 16.7. The number of carbonyl (C=O) groups is 1. The Labute approximate surface area is 204 Å². The maximum absolute atomic E-state index is 12.9. The fourth-order valence-corrected chi connectivity index (χ4v) is 3.90. The molecule has 0 saturated carbocycles. The van der Waals surface area contributed by atoms with Gasteiger partial charge in [0.2, 0.25) is 0 Å². The van der Waals surface area contributed by atoms with Crippen LogP contribution in [0.3, 0.4) is 0 Å². The van der Waals surface area contributed by atoms with Crippen molar-refractivity contribution in [3.05, 3.63) is 60.8 Å². The van der Waals surface area contributed by atoms with Crippen LogP contribution in [0.4, 0.5) is 20.3 Å². The lowest BCUT2D eigenvalue weighted by molar-refractivity contribution is -0.0964. The maximum Gasteiger partial charge on any atom is 0.487 e. The number of β-amino-alcohol motifs (C(OH)–C–C–N with tert-alkyl or cyclic N) is 1. The minimum absolute atomic E-state index is 0.0949. The van der Waals surface area contributed by atoms with Crippen molar-refractivity contribution in [2.75, 3.05) is 29.9 Å². The average molecular weight is 506 g/mol. The summed E-state index contributed by atoms with van der Waals surface area (Å²) in [6.45, 7) is 0.750. The monoisotopic (exact) mass is 505 g/mol. The number of halogens is 3. The van der Waals surface area contributed by atoms with Gasteiger partial charge in [0.15, 0.2) is 0 Å². The standard InChI is InChI=1S/C23H22ClF2N5O4/c24-23(25,26)35-18-3-1-17(2-4-18)30-22(34)15-7-19(16-8-27-13-28-9-16)21(29-10-15)31-6-5-14(12-32)20(33)11-31/h1-4,7-10,13-14,20,32-33H,5-6,11-12H2,(H,30,34)/t14-,20+/m1/s1. The minimum atomic E-state index is -3.83. The summed E-state index contributed by atoms with van der Waals surface area (Å²) in [5.74, 6) is -0.285. The lowest BCUT2D eigenvalue weighted by atomic mass is 9.94. The number of aliphatic hydroxyl groups is 2. The SMILES string of the molecule is O=C(Nc1ccc(OC(F)(F)Cl)cc1)c1cnc(N2CC[C@H](CO)[C@@H](O)C2)c(-c2cncnc2)c1. The molecule has 12 heteroatoms. The smallest absolute Gasteiger partial charge is 0.420 e. The molecule has 35 heavy (non-hydrogen) atoms. The first-order valence-corrected chi connectivity index (χ1v) is 11.1. The van der Waals surface area contributed by atoms with Gasteiger partial charge in [-0.3, -0.25) is 4.79 Å².